The van der Waals surface area contributed by atoms with Gasteiger partial charge >= 0.3 is 0 Å². The van der Waals surface area contributed by atoms with Gasteiger partial charge in [-0.05, 0) is 42.5 Å². The Morgan fingerprint density at radius 2 is 1.81 bits per heavy atom. The molecule has 5 heteroatoms. The highest BCUT2D eigenvalue weighted by atomic mass is 19.1. The van der Waals surface area contributed by atoms with Crippen LogP contribution in [-0.2, 0) is 9.53 Å². The second kappa shape index (κ2) is 8.19. The molecule has 1 saturated carbocycles. The van der Waals surface area contributed by atoms with Crippen LogP contribution in [0.3, 0.4) is 0 Å². The van der Waals surface area contributed by atoms with Crippen LogP contribution in [0.5, 0.6) is 0 Å². The van der Waals surface area contributed by atoms with E-state index in [4.69, 9.17) is 4.74 Å². The molecule has 1 heterocycles. The number of ether oxygens (including phenoxy) is 1. The molecule has 2 aliphatic rings. The van der Waals surface area contributed by atoms with Crippen molar-refractivity contribution in [2.75, 3.05) is 13.2 Å². The zero-order valence-electron chi connectivity index (χ0n) is 15.2. The molecule has 2 N–H and O–H groups in total. The zero-order valence-corrected chi connectivity index (χ0v) is 15.2. The molecule has 1 saturated heterocycles. The molecule has 142 valence electrons. The zero-order chi connectivity index (χ0) is 18.6. The highest BCUT2D eigenvalue weighted by molar-refractivity contribution is 5.83. The van der Waals surface area contributed by atoms with Crippen molar-refractivity contribution < 1.29 is 13.9 Å². The average Bonchev–Trinajstić information content (AvgIpc) is 3.38. The highest BCUT2D eigenvalue weighted by Crippen LogP contribution is 2.34. The number of nitrogens with one attached hydrogen (secondary N) is 2. The average molecular weight is 368 g/mol. The lowest BCUT2D eigenvalue weighted by atomic mass is 9.94. The predicted octanol–water partition coefficient (Wildman–Crippen LogP) is 3.51. The maximum atomic E-state index is 13.3. The van der Waals surface area contributed by atoms with Gasteiger partial charge in [-0.15, -0.1) is 0 Å². The van der Waals surface area contributed by atoms with E-state index in [0.717, 1.165) is 31.4 Å². The number of carbonyl (C=O) groups excluding carboxylic acids is 1. The summed E-state index contributed by atoms with van der Waals surface area (Å²) in [7, 11) is 0. The quantitative estimate of drug-likeness (QED) is 0.786. The summed E-state index contributed by atoms with van der Waals surface area (Å²) in [6.45, 7) is 1.39. The molecule has 3 atom stereocenters. The normalized spacial score (nSPS) is 23.1. The van der Waals surface area contributed by atoms with Gasteiger partial charge in [0.05, 0.1) is 6.10 Å². The lowest BCUT2D eigenvalue weighted by Gasteiger charge is -2.24. The molecule has 4 nitrogen and oxygen atoms in total. The van der Waals surface area contributed by atoms with E-state index in [1.165, 1.54) is 17.7 Å². The number of carbonyl (C=O) groups is 1. The van der Waals surface area contributed by atoms with Gasteiger partial charge in [0.1, 0.15) is 11.9 Å². The summed E-state index contributed by atoms with van der Waals surface area (Å²) in [5.41, 5.74) is 1.95. The molecule has 2 aromatic rings. The van der Waals surface area contributed by atoms with Gasteiger partial charge in [0.25, 0.3) is 0 Å². The van der Waals surface area contributed by atoms with Crippen LogP contribution in [0.1, 0.15) is 42.5 Å². The lowest BCUT2D eigenvalue weighted by Crippen LogP contribution is -2.40. The summed E-state index contributed by atoms with van der Waals surface area (Å²) < 4.78 is 19.3. The lowest BCUT2D eigenvalue weighted by molar-refractivity contribution is -0.123. The van der Waals surface area contributed by atoms with Crippen molar-refractivity contribution in [1.29, 1.82) is 0 Å². The third kappa shape index (κ3) is 4.54. The van der Waals surface area contributed by atoms with Crippen LogP contribution in [-0.4, -0.2) is 25.1 Å². The Labute approximate surface area is 159 Å². The van der Waals surface area contributed by atoms with Gasteiger partial charge < -0.3 is 15.4 Å². The largest absolute Gasteiger partial charge is 0.373 e. The van der Waals surface area contributed by atoms with Crippen molar-refractivity contribution in [3.63, 3.8) is 0 Å². The second-order valence-electron chi connectivity index (χ2n) is 7.43. The Morgan fingerprint density at radius 1 is 1.07 bits per heavy atom. The van der Waals surface area contributed by atoms with Crippen LogP contribution in [0, 0.1) is 11.7 Å². The van der Waals surface area contributed by atoms with Crippen molar-refractivity contribution >= 4 is 5.91 Å². The Balaban J connectivity index is 1.46. The van der Waals surface area contributed by atoms with Crippen molar-refractivity contribution in [1.82, 2.24) is 10.6 Å². The summed E-state index contributed by atoms with van der Waals surface area (Å²) in [6.07, 6.45) is 3.06. The Morgan fingerprint density at radius 3 is 2.52 bits per heavy atom. The van der Waals surface area contributed by atoms with Crippen molar-refractivity contribution in [3.8, 4) is 0 Å². The van der Waals surface area contributed by atoms with Gasteiger partial charge in [-0.2, -0.15) is 0 Å². The Hall–Kier alpha value is -2.24. The van der Waals surface area contributed by atoms with Crippen LogP contribution < -0.4 is 10.6 Å². The van der Waals surface area contributed by atoms with Gasteiger partial charge in [-0.3, -0.25) is 4.79 Å². The Kier molecular flexibility index (Phi) is 5.50. The first-order chi connectivity index (χ1) is 13.2. The van der Waals surface area contributed by atoms with E-state index in [1.807, 2.05) is 18.2 Å². The van der Waals surface area contributed by atoms with E-state index in [0.29, 0.717) is 12.5 Å². The fourth-order valence-electron chi connectivity index (χ4n) is 3.65. The first-order valence-corrected chi connectivity index (χ1v) is 9.66. The number of hydrogen-bond acceptors (Lipinski definition) is 3. The van der Waals surface area contributed by atoms with E-state index in [-0.39, 0.29) is 23.9 Å². The fraction of sp³-hybridized carbons (Fsp3) is 0.409. The predicted molar refractivity (Wildman–Crippen MR) is 102 cm³/mol. The molecule has 0 radical (unpaired) electrons. The third-order valence-corrected chi connectivity index (χ3v) is 5.32. The first kappa shape index (κ1) is 18.1. The summed E-state index contributed by atoms with van der Waals surface area (Å²) in [5.74, 6) is -0.0446. The monoisotopic (exact) mass is 368 g/mol. The summed E-state index contributed by atoms with van der Waals surface area (Å²) in [4.78, 5) is 12.7. The van der Waals surface area contributed by atoms with Gasteiger partial charge in [0.15, 0.2) is 0 Å². The van der Waals surface area contributed by atoms with Crippen molar-refractivity contribution in [2.45, 2.75) is 37.5 Å². The molecule has 1 aliphatic heterocycles. The van der Waals surface area contributed by atoms with Crippen molar-refractivity contribution in [3.05, 3.63) is 71.5 Å². The van der Waals surface area contributed by atoms with E-state index in [9.17, 15) is 9.18 Å². The third-order valence-electron chi connectivity index (χ3n) is 5.32. The number of benzene rings is 2. The molecule has 2 aromatic carbocycles. The molecule has 4 rings (SSSR count). The standard InChI is InChI=1S/C22H25FN2O2/c23-18-8-6-15(7-9-18)20(22(26)25-19-10-11-19)24-14-17-12-13-27-21(17)16-4-2-1-3-5-16/h1-9,17,19-21,24H,10-14H2,(H,25,26)/t17-,20-,21-/m1/s1. The van der Waals surface area contributed by atoms with Crippen LogP contribution in [0.15, 0.2) is 54.6 Å². The van der Waals surface area contributed by atoms with E-state index in [2.05, 4.69) is 22.8 Å². The van der Waals surface area contributed by atoms with Crippen molar-refractivity contribution in [2.24, 2.45) is 5.92 Å². The van der Waals surface area contributed by atoms with Gasteiger partial charge in [-0.1, -0.05) is 42.5 Å². The van der Waals surface area contributed by atoms with E-state index < -0.39 is 6.04 Å². The van der Waals surface area contributed by atoms with E-state index in [1.54, 1.807) is 12.1 Å². The molecule has 1 amide bonds. The van der Waals surface area contributed by atoms with E-state index >= 15 is 0 Å². The molecule has 0 aromatic heterocycles. The molecule has 1 aliphatic carbocycles. The molecular weight excluding hydrogens is 343 g/mol. The maximum Gasteiger partial charge on any atom is 0.241 e. The minimum absolute atomic E-state index is 0.0408. The molecule has 2 fully saturated rings. The van der Waals surface area contributed by atoms with Crippen LogP contribution in [0.4, 0.5) is 4.39 Å². The first-order valence-electron chi connectivity index (χ1n) is 9.66. The molecule has 0 spiro atoms. The number of halogens is 1. The summed E-state index contributed by atoms with van der Waals surface area (Å²) >= 11 is 0. The number of amides is 1. The van der Waals surface area contributed by atoms with Gasteiger partial charge in [0.2, 0.25) is 5.91 Å². The molecule has 0 bridgehead atoms. The minimum atomic E-state index is -0.483. The van der Waals surface area contributed by atoms with Crippen LogP contribution >= 0.6 is 0 Å². The summed E-state index contributed by atoms with van der Waals surface area (Å²) in [5, 5.41) is 6.47. The van der Waals surface area contributed by atoms with Gasteiger partial charge in [-0.25, -0.2) is 4.39 Å². The van der Waals surface area contributed by atoms with Crippen LogP contribution in [0.25, 0.3) is 0 Å². The second-order valence-corrected chi connectivity index (χ2v) is 7.43. The number of hydrogen-bond donors (Lipinski definition) is 2. The topological polar surface area (TPSA) is 50.4 Å². The smallest absolute Gasteiger partial charge is 0.241 e. The minimum Gasteiger partial charge on any atom is -0.373 e. The fourth-order valence-corrected chi connectivity index (χ4v) is 3.65. The maximum absolute atomic E-state index is 13.3. The Bertz CT molecular complexity index is 762. The molecule has 0 unspecified atom stereocenters. The summed E-state index contributed by atoms with van der Waals surface area (Å²) in [6, 6.07) is 16.2. The van der Waals surface area contributed by atoms with Gasteiger partial charge in [0, 0.05) is 25.1 Å². The SMILES string of the molecule is O=C(NC1CC1)[C@H](NC[C@H]1CCO[C@@H]1c1ccccc1)c1ccc(F)cc1. The molecule has 27 heavy (non-hydrogen) atoms. The molecular formula is C22H25FN2O2. The highest BCUT2D eigenvalue weighted by Gasteiger charge is 2.32. The number of rotatable bonds is 7. The van der Waals surface area contributed by atoms with Crippen LogP contribution in [0.2, 0.25) is 0 Å².